The Morgan fingerprint density at radius 2 is 1.97 bits per heavy atom. The van der Waals surface area contributed by atoms with Crippen molar-refractivity contribution in [3.8, 4) is 0 Å². The van der Waals surface area contributed by atoms with Crippen LogP contribution >= 0.6 is 0 Å². The van der Waals surface area contributed by atoms with Crippen molar-refractivity contribution >= 4 is 17.7 Å². The lowest BCUT2D eigenvalue weighted by molar-refractivity contribution is -0.147. The lowest BCUT2D eigenvalue weighted by atomic mass is 9.92. The topological polar surface area (TPSA) is 94.9 Å². The van der Waals surface area contributed by atoms with Gasteiger partial charge in [-0.3, -0.25) is 14.4 Å². The Morgan fingerprint density at radius 3 is 2.66 bits per heavy atom. The minimum Gasteiger partial charge on any atom is -0.481 e. The molecule has 1 aliphatic carbocycles. The van der Waals surface area contributed by atoms with E-state index in [4.69, 9.17) is 0 Å². The van der Waals surface area contributed by atoms with Crippen LogP contribution < -0.4 is 0 Å². The Morgan fingerprint density at radius 1 is 1.20 bits per heavy atom. The number of aliphatic carboxylic acids is 1. The Hall–Kier alpha value is -2.54. The van der Waals surface area contributed by atoms with E-state index in [2.05, 4.69) is 6.92 Å². The van der Waals surface area contributed by atoms with Crippen LogP contribution in [0.5, 0.6) is 0 Å². The van der Waals surface area contributed by atoms with Crippen molar-refractivity contribution in [2.24, 2.45) is 11.3 Å². The second kappa shape index (κ2) is 11.9. The number of β-amino-alcohol motifs (C(OH)–C–C–N with tert-alkyl or cyclic N) is 1. The van der Waals surface area contributed by atoms with Gasteiger partial charge >= 0.3 is 5.97 Å². The van der Waals surface area contributed by atoms with Crippen LogP contribution in [0, 0.1) is 24.1 Å². The van der Waals surface area contributed by atoms with Crippen molar-refractivity contribution in [2.45, 2.75) is 90.2 Å². The van der Waals surface area contributed by atoms with Gasteiger partial charge in [0.1, 0.15) is 5.82 Å². The van der Waals surface area contributed by atoms with Gasteiger partial charge in [-0.1, -0.05) is 44.4 Å². The quantitative estimate of drug-likeness (QED) is 0.313. The largest absolute Gasteiger partial charge is 0.481 e. The molecule has 1 amide bonds. The van der Waals surface area contributed by atoms with E-state index < -0.39 is 23.5 Å². The van der Waals surface area contributed by atoms with Gasteiger partial charge in [-0.05, 0) is 61.8 Å². The van der Waals surface area contributed by atoms with Crippen molar-refractivity contribution in [3.05, 3.63) is 47.3 Å². The fourth-order valence-corrected chi connectivity index (χ4v) is 5.23. The zero-order valence-electron chi connectivity index (χ0n) is 20.8. The first-order valence-corrected chi connectivity index (χ1v) is 12.8. The van der Waals surface area contributed by atoms with Crippen LogP contribution in [-0.2, 0) is 20.8 Å². The zero-order chi connectivity index (χ0) is 25.6. The van der Waals surface area contributed by atoms with E-state index in [1.807, 2.05) is 18.2 Å². The first-order valence-electron chi connectivity index (χ1n) is 12.8. The Kier molecular flexibility index (Phi) is 9.22. The molecule has 3 rings (SSSR count). The number of aliphatic hydroxyl groups excluding tert-OH is 1. The number of hydrogen-bond acceptors (Lipinski definition) is 4. The lowest BCUT2D eigenvalue weighted by Gasteiger charge is -2.25. The molecule has 1 saturated heterocycles. The maximum atomic E-state index is 13.7. The van der Waals surface area contributed by atoms with Crippen molar-refractivity contribution in [3.63, 3.8) is 0 Å². The van der Waals surface area contributed by atoms with Crippen LogP contribution in [0.25, 0.3) is 0 Å². The second-order valence-corrected chi connectivity index (χ2v) is 10.3. The maximum absolute atomic E-state index is 13.7. The van der Waals surface area contributed by atoms with Crippen LogP contribution in [0.1, 0.15) is 75.8 Å². The summed E-state index contributed by atoms with van der Waals surface area (Å²) in [6.45, 7) is 3.99. The van der Waals surface area contributed by atoms with Crippen LogP contribution in [0.4, 0.5) is 4.39 Å². The number of Topliss-reactive ketones (excluding diaryl/α,β-unsaturated/α-hetero) is 1. The number of rotatable bonds is 13. The van der Waals surface area contributed by atoms with Gasteiger partial charge < -0.3 is 15.1 Å². The monoisotopic (exact) mass is 487 g/mol. The average Bonchev–Trinajstić information content (AvgIpc) is 3.34. The lowest BCUT2D eigenvalue weighted by Crippen LogP contribution is -2.42. The summed E-state index contributed by atoms with van der Waals surface area (Å²) in [7, 11) is 0. The molecular formula is C28H38FNO5. The highest BCUT2D eigenvalue weighted by molar-refractivity contribution is 5.94. The van der Waals surface area contributed by atoms with E-state index in [9.17, 15) is 29.0 Å². The SMILES string of the molecule is CCCCCC/C=C\[C@@H]1C[C@]1(CC(=O)[C@@H]1C[C@@H](O)CN1C(=O)CCc1cc(C)cc(F)c1)C(=O)O. The molecule has 192 valence electrons. The Labute approximate surface area is 207 Å². The number of nitrogens with zero attached hydrogens (tertiary/aromatic N) is 1. The molecule has 6 nitrogen and oxygen atoms in total. The number of amides is 1. The van der Waals surface area contributed by atoms with Gasteiger partial charge in [-0.15, -0.1) is 0 Å². The first-order chi connectivity index (χ1) is 16.7. The highest BCUT2D eigenvalue weighted by Crippen LogP contribution is 2.57. The summed E-state index contributed by atoms with van der Waals surface area (Å²) in [4.78, 5) is 39.6. The molecule has 0 radical (unpaired) electrons. The number of unbranched alkanes of at least 4 members (excludes halogenated alkanes) is 4. The Bertz CT molecular complexity index is 940. The fourth-order valence-electron chi connectivity index (χ4n) is 5.23. The van der Waals surface area contributed by atoms with Gasteiger partial charge in [0.2, 0.25) is 5.91 Å². The maximum Gasteiger partial charge on any atom is 0.310 e. The minimum absolute atomic E-state index is 0.0541. The molecule has 0 spiro atoms. The number of carboxylic acids is 1. The molecule has 1 saturated carbocycles. The molecule has 0 unspecified atom stereocenters. The fraction of sp³-hybridized carbons (Fsp3) is 0.607. The summed E-state index contributed by atoms with van der Waals surface area (Å²) < 4.78 is 13.7. The van der Waals surface area contributed by atoms with Gasteiger partial charge in [0, 0.05) is 25.8 Å². The molecule has 1 aliphatic heterocycles. The predicted molar refractivity (Wildman–Crippen MR) is 131 cm³/mol. The normalized spacial score (nSPS) is 25.8. The average molecular weight is 488 g/mol. The number of ketones is 1. The summed E-state index contributed by atoms with van der Waals surface area (Å²) in [5.41, 5.74) is 0.355. The Balaban J connectivity index is 1.58. The molecule has 4 atom stereocenters. The molecule has 2 fully saturated rings. The molecule has 1 aromatic rings. The van der Waals surface area contributed by atoms with Crippen LogP contribution in [0.2, 0.25) is 0 Å². The van der Waals surface area contributed by atoms with E-state index in [-0.39, 0.29) is 49.2 Å². The van der Waals surface area contributed by atoms with E-state index in [1.165, 1.54) is 23.5 Å². The molecule has 7 heteroatoms. The molecule has 35 heavy (non-hydrogen) atoms. The van der Waals surface area contributed by atoms with Crippen molar-refractivity contribution in [1.29, 1.82) is 0 Å². The van der Waals surface area contributed by atoms with E-state index in [1.54, 1.807) is 6.92 Å². The molecule has 2 aliphatic rings. The van der Waals surface area contributed by atoms with Gasteiger partial charge in [0.05, 0.1) is 17.6 Å². The third-order valence-electron chi connectivity index (χ3n) is 7.34. The second-order valence-electron chi connectivity index (χ2n) is 10.3. The summed E-state index contributed by atoms with van der Waals surface area (Å²) in [5, 5.41) is 20.1. The standard InChI is InChI=1S/C28H38FNO5/c1-3-4-5-6-7-8-9-21-16-28(21,27(34)35)17-25(32)24-15-23(31)18-30(24)26(33)11-10-20-12-19(2)13-22(29)14-20/h8-9,12-14,21,23-24,31H,3-7,10-11,15-18H2,1-2H3,(H,34,35)/b9-8-/t21-,23-,24+,28-/m1/s1. The van der Waals surface area contributed by atoms with Crippen molar-refractivity contribution in [2.75, 3.05) is 6.54 Å². The molecule has 0 aromatic heterocycles. The summed E-state index contributed by atoms with van der Waals surface area (Å²) in [5.74, 6) is -2.11. The van der Waals surface area contributed by atoms with Crippen molar-refractivity contribution < 1.29 is 29.0 Å². The van der Waals surface area contributed by atoms with E-state index in [0.717, 1.165) is 31.2 Å². The number of carbonyl (C=O) groups is 3. The number of benzene rings is 1. The summed E-state index contributed by atoms with van der Waals surface area (Å²) in [6, 6.07) is 3.81. The van der Waals surface area contributed by atoms with Gasteiger partial charge in [0.25, 0.3) is 0 Å². The van der Waals surface area contributed by atoms with E-state index in [0.29, 0.717) is 18.4 Å². The smallest absolute Gasteiger partial charge is 0.310 e. The van der Waals surface area contributed by atoms with Crippen LogP contribution in [0.3, 0.4) is 0 Å². The number of carboxylic acid groups (broad SMARTS) is 1. The minimum atomic E-state index is -1.11. The highest BCUT2D eigenvalue weighted by Gasteiger charge is 2.60. The predicted octanol–water partition coefficient (Wildman–Crippen LogP) is 4.61. The number of hydrogen-bond donors (Lipinski definition) is 2. The zero-order valence-corrected chi connectivity index (χ0v) is 20.8. The number of likely N-dealkylation sites (tertiary alicyclic amines) is 1. The molecular weight excluding hydrogens is 449 g/mol. The molecule has 0 bridgehead atoms. The number of aryl methyl sites for hydroxylation is 2. The number of carbonyl (C=O) groups excluding carboxylic acids is 2. The van der Waals surface area contributed by atoms with Crippen LogP contribution in [0.15, 0.2) is 30.4 Å². The molecule has 1 heterocycles. The number of aliphatic hydroxyl groups is 1. The highest BCUT2D eigenvalue weighted by atomic mass is 19.1. The number of allylic oxidation sites excluding steroid dienone is 2. The first kappa shape index (κ1) is 27.1. The molecule has 1 aromatic carbocycles. The van der Waals surface area contributed by atoms with Crippen LogP contribution in [-0.4, -0.2) is 51.5 Å². The third kappa shape index (κ3) is 7.00. The van der Waals surface area contributed by atoms with E-state index >= 15 is 0 Å². The summed E-state index contributed by atoms with van der Waals surface area (Å²) in [6.07, 6.45) is 9.44. The third-order valence-corrected chi connectivity index (χ3v) is 7.34. The van der Waals surface area contributed by atoms with Crippen molar-refractivity contribution in [1.82, 2.24) is 4.90 Å². The van der Waals surface area contributed by atoms with Gasteiger partial charge in [-0.25, -0.2) is 4.39 Å². The summed E-state index contributed by atoms with van der Waals surface area (Å²) >= 11 is 0. The van der Waals surface area contributed by atoms with Gasteiger partial charge in [-0.2, -0.15) is 0 Å². The number of halogens is 1. The van der Waals surface area contributed by atoms with Gasteiger partial charge in [0.15, 0.2) is 5.78 Å². The molecule has 2 N–H and O–H groups in total.